The Kier molecular flexibility index (Phi) is 5.02. The van der Waals surface area contributed by atoms with Crippen LogP contribution in [0.1, 0.15) is 49.7 Å². The number of ether oxygens (including phenoxy) is 1. The minimum absolute atomic E-state index is 0.00793. The zero-order valence-corrected chi connectivity index (χ0v) is 15.5. The zero-order chi connectivity index (χ0) is 18.0. The molecule has 0 atom stereocenters. The molecule has 3 rings (SSSR count). The van der Waals surface area contributed by atoms with E-state index in [-0.39, 0.29) is 11.9 Å². The van der Waals surface area contributed by atoms with Crippen molar-refractivity contribution in [1.29, 1.82) is 0 Å². The summed E-state index contributed by atoms with van der Waals surface area (Å²) >= 11 is 0. The summed E-state index contributed by atoms with van der Waals surface area (Å²) in [4.78, 5) is 28.5. The Labute approximate surface area is 149 Å². The standard InChI is InChI=1S/C20H28N2O3/c1-15-8-9-16(2)17(14-15)25-13-7-12-22-18(23)20(21(3)19(22)24)10-5-4-6-11-20/h8-9,14H,4-7,10-13H2,1-3H3. The molecule has 136 valence electrons. The minimum Gasteiger partial charge on any atom is -0.493 e. The molecule has 1 saturated carbocycles. The molecule has 1 spiro atoms. The summed E-state index contributed by atoms with van der Waals surface area (Å²) in [5, 5.41) is 0. The van der Waals surface area contributed by atoms with Crippen molar-refractivity contribution in [3.8, 4) is 5.75 Å². The van der Waals surface area contributed by atoms with Gasteiger partial charge in [0.05, 0.1) is 6.61 Å². The Bertz CT molecular complexity index is 665. The first-order valence-electron chi connectivity index (χ1n) is 9.25. The highest BCUT2D eigenvalue weighted by atomic mass is 16.5. The Morgan fingerprint density at radius 1 is 1.12 bits per heavy atom. The highest BCUT2D eigenvalue weighted by Crippen LogP contribution is 2.39. The number of urea groups is 1. The SMILES string of the molecule is Cc1ccc(C)c(OCCCN2C(=O)N(C)C3(CCCCC3)C2=O)c1. The molecule has 0 radical (unpaired) electrons. The predicted molar refractivity (Wildman–Crippen MR) is 96.7 cm³/mol. The number of aryl methyl sites for hydroxylation is 2. The van der Waals surface area contributed by atoms with Crippen LogP contribution >= 0.6 is 0 Å². The van der Waals surface area contributed by atoms with Gasteiger partial charge >= 0.3 is 6.03 Å². The van der Waals surface area contributed by atoms with Crippen LogP contribution in [0.5, 0.6) is 5.75 Å². The topological polar surface area (TPSA) is 49.9 Å². The molecule has 3 amide bonds. The Hall–Kier alpha value is -2.04. The molecule has 1 aromatic carbocycles. The molecule has 5 nitrogen and oxygen atoms in total. The molecule has 25 heavy (non-hydrogen) atoms. The molecule has 1 heterocycles. The molecular weight excluding hydrogens is 316 g/mol. The first-order valence-corrected chi connectivity index (χ1v) is 9.25. The average Bonchev–Trinajstić information content (AvgIpc) is 2.78. The van der Waals surface area contributed by atoms with E-state index in [1.54, 1.807) is 11.9 Å². The fourth-order valence-electron chi connectivity index (χ4n) is 4.00. The molecule has 0 aromatic heterocycles. The van der Waals surface area contributed by atoms with Crippen LogP contribution in [-0.4, -0.2) is 47.5 Å². The Balaban J connectivity index is 1.57. The van der Waals surface area contributed by atoms with Crippen LogP contribution in [0.4, 0.5) is 4.79 Å². The van der Waals surface area contributed by atoms with Gasteiger partial charge < -0.3 is 9.64 Å². The van der Waals surface area contributed by atoms with Crippen molar-refractivity contribution in [2.45, 2.75) is 57.9 Å². The van der Waals surface area contributed by atoms with E-state index in [0.29, 0.717) is 19.6 Å². The van der Waals surface area contributed by atoms with E-state index in [1.807, 2.05) is 26.0 Å². The smallest absolute Gasteiger partial charge is 0.327 e. The van der Waals surface area contributed by atoms with Crippen LogP contribution in [0.15, 0.2) is 18.2 Å². The minimum atomic E-state index is -0.580. The average molecular weight is 344 g/mol. The summed E-state index contributed by atoms with van der Waals surface area (Å²) in [6.07, 6.45) is 5.43. The molecule has 2 aliphatic rings. The highest BCUT2D eigenvalue weighted by molar-refractivity contribution is 6.06. The van der Waals surface area contributed by atoms with Crippen molar-refractivity contribution in [1.82, 2.24) is 9.80 Å². The second-order valence-corrected chi connectivity index (χ2v) is 7.36. The maximum Gasteiger partial charge on any atom is 0.327 e. The molecule has 0 N–H and O–H groups in total. The molecule has 1 saturated heterocycles. The summed E-state index contributed by atoms with van der Waals surface area (Å²) < 4.78 is 5.85. The van der Waals surface area contributed by atoms with Crippen LogP contribution in [-0.2, 0) is 4.79 Å². The summed E-state index contributed by atoms with van der Waals surface area (Å²) in [6, 6.07) is 5.97. The molecule has 0 bridgehead atoms. The maximum absolute atomic E-state index is 12.9. The van der Waals surface area contributed by atoms with Crippen LogP contribution < -0.4 is 4.74 Å². The zero-order valence-electron chi connectivity index (χ0n) is 15.5. The van der Waals surface area contributed by atoms with E-state index in [4.69, 9.17) is 4.74 Å². The van der Waals surface area contributed by atoms with E-state index in [2.05, 4.69) is 6.07 Å². The molecule has 0 unspecified atom stereocenters. The summed E-state index contributed by atoms with van der Waals surface area (Å²) in [5.74, 6) is 0.867. The Morgan fingerprint density at radius 3 is 2.56 bits per heavy atom. The largest absolute Gasteiger partial charge is 0.493 e. The van der Waals surface area contributed by atoms with Gasteiger partial charge in [0.1, 0.15) is 11.3 Å². The Morgan fingerprint density at radius 2 is 1.84 bits per heavy atom. The van der Waals surface area contributed by atoms with Crippen LogP contribution in [0, 0.1) is 13.8 Å². The third-order valence-electron chi connectivity index (χ3n) is 5.61. The monoisotopic (exact) mass is 344 g/mol. The third kappa shape index (κ3) is 3.24. The number of benzene rings is 1. The lowest BCUT2D eigenvalue weighted by Crippen LogP contribution is -2.49. The molecular formula is C20H28N2O3. The number of hydrogen-bond acceptors (Lipinski definition) is 3. The van der Waals surface area contributed by atoms with E-state index in [9.17, 15) is 9.59 Å². The van der Waals surface area contributed by atoms with Gasteiger partial charge in [0.15, 0.2) is 0 Å². The quantitative estimate of drug-likeness (QED) is 0.605. The second-order valence-electron chi connectivity index (χ2n) is 7.36. The van der Waals surface area contributed by atoms with Gasteiger partial charge in [-0.15, -0.1) is 0 Å². The van der Waals surface area contributed by atoms with Gasteiger partial charge in [0.25, 0.3) is 5.91 Å². The van der Waals surface area contributed by atoms with Gasteiger partial charge in [-0.05, 0) is 50.3 Å². The summed E-state index contributed by atoms with van der Waals surface area (Å²) in [7, 11) is 1.78. The maximum atomic E-state index is 12.9. The number of carbonyl (C=O) groups is 2. The summed E-state index contributed by atoms with van der Waals surface area (Å²) in [5.41, 5.74) is 1.68. The van der Waals surface area contributed by atoms with Gasteiger partial charge in [-0.25, -0.2) is 4.79 Å². The number of rotatable bonds is 5. The molecule has 5 heteroatoms. The molecule has 2 fully saturated rings. The van der Waals surface area contributed by atoms with Crippen LogP contribution in [0.2, 0.25) is 0 Å². The van der Waals surface area contributed by atoms with E-state index in [0.717, 1.165) is 49.0 Å². The van der Waals surface area contributed by atoms with Gasteiger partial charge in [-0.1, -0.05) is 31.4 Å². The van der Waals surface area contributed by atoms with Crippen molar-refractivity contribution in [3.63, 3.8) is 0 Å². The third-order valence-corrected chi connectivity index (χ3v) is 5.61. The number of amides is 3. The van der Waals surface area contributed by atoms with E-state index in [1.165, 1.54) is 4.90 Å². The lowest BCUT2D eigenvalue weighted by atomic mass is 9.81. The molecule has 1 aromatic rings. The van der Waals surface area contributed by atoms with Crippen molar-refractivity contribution in [2.75, 3.05) is 20.2 Å². The molecule has 1 aliphatic carbocycles. The van der Waals surface area contributed by atoms with Gasteiger partial charge in [0, 0.05) is 13.6 Å². The van der Waals surface area contributed by atoms with E-state index >= 15 is 0 Å². The first kappa shape index (κ1) is 17.8. The van der Waals surface area contributed by atoms with Crippen molar-refractivity contribution in [3.05, 3.63) is 29.3 Å². The normalized spacial score (nSPS) is 19.8. The fraction of sp³-hybridized carbons (Fsp3) is 0.600. The van der Waals surface area contributed by atoms with Crippen LogP contribution in [0.25, 0.3) is 0 Å². The van der Waals surface area contributed by atoms with Crippen molar-refractivity contribution in [2.24, 2.45) is 0 Å². The van der Waals surface area contributed by atoms with Gasteiger partial charge in [-0.3, -0.25) is 9.69 Å². The number of nitrogens with zero attached hydrogens (tertiary/aromatic N) is 2. The van der Waals surface area contributed by atoms with E-state index < -0.39 is 5.54 Å². The lowest BCUT2D eigenvalue weighted by Gasteiger charge is -2.35. The number of imide groups is 1. The number of carbonyl (C=O) groups excluding carboxylic acids is 2. The lowest BCUT2D eigenvalue weighted by molar-refractivity contribution is -0.134. The fourth-order valence-corrected chi connectivity index (χ4v) is 4.00. The molecule has 1 aliphatic heterocycles. The van der Waals surface area contributed by atoms with Gasteiger partial charge in [0.2, 0.25) is 0 Å². The predicted octanol–water partition coefficient (Wildman–Crippen LogP) is 3.67. The van der Waals surface area contributed by atoms with Crippen molar-refractivity contribution >= 4 is 11.9 Å². The number of hydrogen-bond donors (Lipinski definition) is 0. The van der Waals surface area contributed by atoms with Crippen LogP contribution in [0.3, 0.4) is 0 Å². The van der Waals surface area contributed by atoms with Crippen molar-refractivity contribution < 1.29 is 14.3 Å². The summed E-state index contributed by atoms with van der Waals surface area (Å²) in [6.45, 7) is 4.98. The second kappa shape index (κ2) is 7.06. The highest BCUT2D eigenvalue weighted by Gasteiger charge is 2.55. The first-order chi connectivity index (χ1) is 12.0. The number of likely N-dealkylation sites (N-methyl/N-ethyl adjacent to an activating group) is 1. The van der Waals surface area contributed by atoms with Gasteiger partial charge in [-0.2, -0.15) is 0 Å².